The minimum atomic E-state index is -2.08. The first kappa shape index (κ1) is 14.2. The van der Waals surface area contributed by atoms with Gasteiger partial charge in [0.15, 0.2) is 8.07 Å². The van der Waals surface area contributed by atoms with Crippen molar-refractivity contribution >= 4 is 30.3 Å². The fourth-order valence-electron chi connectivity index (χ4n) is 1.82. The van der Waals surface area contributed by atoms with E-state index in [4.69, 9.17) is 11.6 Å². The van der Waals surface area contributed by atoms with Gasteiger partial charge in [0.1, 0.15) is 5.41 Å². The van der Waals surface area contributed by atoms with Gasteiger partial charge in [-0.15, -0.1) is 11.6 Å². The van der Waals surface area contributed by atoms with Crippen molar-refractivity contribution in [2.45, 2.75) is 25.9 Å². The average molecular weight is 267 g/mol. The lowest BCUT2D eigenvalue weighted by Gasteiger charge is -2.22. The SMILES string of the molecule is C=C(CCCCl)C(=O)[Si](C)(C)c1ccccc1. The molecule has 0 fully saturated rings. The van der Waals surface area contributed by atoms with Gasteiger partial charge in [-0.05, 0) is 18.4 Å². The number of hydrogen-bond donors (Lipinski definition) is 0. The minimum Gasteiger partial charge on any atom is -0.300 e. The molecule has 0 amide bonds. The van der Waals surface area contributed by atoms with Crippen LogP contribution >= 0.6 is 11.6 Å². The largest absolute Gasteiger partial charge is 0.300 e. The molecule has 0 spiro atoms. The lowest BCUT2D eigenvalue weighted by molar-refractivity contribution is -0.109. The highest BCUT2D eigenvalue weighted by Crippen LogP contribution is 2.14. The van der Waals surface area contributed by atoms with Gasteiger partial charge in [0.05, 0.1) is 0 Å². The molecule has 0 atom stereocenters. The monoisotopic (exact) mass is 266 g/mol. The van der Waals surface area contributed by atoms with Gasteiger partial charge in [0.25, 0.3) is 0 Å². The van der Waals surface area contributed by atoms with Crippen molar-refractivity contribution in [1.29, 1.82) is 0 Å². The summed E-state index contributed by atoms with van der Waals surface area (Å²) in [5, 5.41) is 1.41. The van der Waals surface area contributed by atoms with Crippen molar-refractivity contribution in [2.24, 2.45) is 0 Å². The van der Waals surface area contributed by atoms with E-state index in [0.717, 1.165) is 17.2 Å². The number of allylic oxidation sites excluding steroid dienone is 1. The first-order valence-corrected chi connectivity index (χ1v) is 9.37. The smallest absolute Gasteiger partial charge is 0.163 e. The van der Waals surface area contributed by atoms with Crippen LogP contribution in [0.15, 0.2) is 42.5 Å². The molecule has 1 nitrogen and oxygen atoms in total. The van der Waals surface area contributed by atoms with E-state index < -0.39 is 8.07 Å². The van der Waals surface area contributed by atoms with E-state index in [0.29, 0.717) is 12.3 Å². The molecule has 0 unspecified atom stereocenters. The van der Waals surface area contributed by atoms with Crippen molar-refractivity contribution in [3.8, 4) is 0 Å². The Morgan fingerprint density at radius 1 is 1.29 bits per heavy atom. The quantitative estimate of drug-likeness (QED) is 0.439. The van der Waals surface area contributed by atoms with Gasteiger partial charge < -0.3 is 4.79 Å². The van der Waals surface area contributed by atoms with E-state index in [9.17, 15) is 4.79 Å². The number of halogens is 1. The number of carbonyl (C=O) groups excluding carboxylic acids is 1. The fourth-order valence-corrected chi connectivity index (χ4v) is 4.25. The number of alkyl halides is 1. The fraction of sp³-hybridized carbons (Fsp3) is 0.357. The number of rotatable bonds is 6. The molecule has 0 heterocycles. The maximum Gasteiger partial charge on any atom is 0.163 e. The molecule has 3 heteroatoms. The standard InChI is InChI=1S/C14H19ClOSi/c1-12(8-7-11-15)14(16)17(2,3)13-9-5-4-6-10-13/h4-6,9-10H,1,7-8,11H2,2-3H3. The molecule has 92 valence electrons. The summed E-state index contributed by atoms with van der Waals surface area (Å²) in [4.78, 5) is 12.4. The van der Waals surface area contributed by atoms with Gasteiger partial charge in [-0.3, -0.25) is 0 Å². The van der Waals surface area contributed by atoms with Crippen LogP contribution in [0.25, 0.3) is 0 Å². The normalized spacial score (nSPS) is 11.2. The second kappa shape index (κ2) is 6.17. The minimum absolute atomic E-state index is 0.244. The second-order valence-corrected chi connectivity index (χ2v) is 9.38. The number of benzene rings is 1. The van der Waals surface area contributed by atoms with Crippen molar-refractivity contribution in [3.05, 3.63) is 42.5 Å². The van der Waals surface area contributed by atoms with Crippen LogP contribution in [0.5, 0.6) is 0 Å². The first-order chi connectivity index (χ1) is 8.00. The summed E-state index contributed by atoms with van der Waals surface area (Å²) in [6, 6.07) is 10.0. The highest BCUT2D eigenvalue weighted by molar-refractivity contribution is 7.14. The summed E-state index contributed by atoms with van der Waals surface area (Å²) >= 11 is 5.64. The van der Waals surface area contributed by atoms with Crippen molar-refractivity contribution in [3.63, 3.8) is 0 Å². The molecule has 0 aliphatic heterocycles. The van der Waals surface area contributed by atoms with E-state index in [1.165, 1.54) is 0 Å². The lowest BCUT2D eigenvalue weighted by Crippen LogP contribution is -2.50. The van der Waals surface area contributed by atoms with Crippen LogP contribution in [0.2, 0.25) is 13.1 Å². The van der Waals surface area contributed by atoms with E-state index in [1.54, 1.807) is 0 Å². The van der Waals surface area contributed by atoms with Crippen LogP contribution in [-0.2, 0) is 4.79 Å². The van der Waals surface area contributed by atoms with Crippen LogP contribution in [0, 0.1) is 0 Å². The second-order valence-electron chi connectivity index (χ2n) is 4.72. The third kappa shape index (κ3) is 3.55. The molecule has 0 aliphatic rings. The average Bonchev–Trinajstić information content (AvgIpc) is 2.36. The Labute approximate surface area is 110 Å². The van der Waals surface area contributed by atoms with E-state index >= 15 is 0 Å². The molecule has 0 aromatic heterocycles. The molecule has 0 radical (unpaired) electrons. The maximum absolute atomic E-state index is 12.4. The van der Waals surface area contributed by atoms with Crippen LogP contribution in [-0.4, -0.2) is 19.4 Å². The summed E-state index contributed by atoms with van der Waals surface area (Å²) in [5.41, 5.74) is 0.728. The molecule has 1 aromatic rings. The van der Waals surface area contributed by atoms with Crippen molar-refractivity contribution < 1.29 is 4.79 Å². The topological polar surface area (TPSA) is 17.1 Å². The molecule has 0 bridgehead atoms. The van der Waals surface area contributed by atoms with Crippen LogP contribution in [0.1, 0.15) is 12.8 Å². The molecule has 1 rings (SSSR count). The molecule has 17 heavy (non-hydrogen) atoms. The van der Waals surface area contributed by atoms with Gasteiger partial charge in [-0.25, -0.2) is 0 Å². The van der Waals surface area contributed by atoms with Gasteiger partial charge in [0, 0.05) is 5.88 Å². The first-order valence-electron chi connectivity index (χ1n) is 5.84. The van der Waals surface area contributed by atoms with Crippen LogP contribution in [0.3, 0.4) is 0 Å². The van der Waals surface area contributed by atoms with E-state index in [-0.39, 0.29) is 5.41 Å². The van der Waals surface area contributed by atoms with Gasteiger partial charge >= 0.3 is 0 Å². The highest BCUT2D eigenvalue weighted by Gasteiger charge is 2.33. The summed E-state index contributed by atoms with van der Waals surface area (Å²) in [7, 11) is -2.08. The van der Waals surface area contributed by atoms with Crippen LogP contribution < -0.4 is 5.19 Å². The number of carbonyl (C=O) groups is 1. The van der Waals surface area contributed by atoms with E-state index in [2.05, 4.69) is 19.7 Å². The Hall–Kier alpha value is -0.863. The summed E-state index contributed by atoms with van der Waals surface area (Å²) in [6.45, 7) is 8.07. The molecule has 0 aliphatic carbocycles. The highest BCUT2D eigenvalue weighted by atomic mass is 35.5. The van der Waals surface area contributed by atoms with E-state index in [1.807, 2.05) is 30.3 Å². The predicted octanol–water partition coefficient (Wildman–Crippen LogP) is 3.29. The zero-order valence-corrected chi connectivity index (χ0v) is 12.3. The molecular formula is C14H19ClOSi. The molecule has 0 N–H and O–H groups in total. The van der Waals surface area contributed by atoms with Crippen molar-refractivity contribution in [1.82, 2.24) is 0 Å². The third-order valence-corrected chi connectivity index (χ3v) is 6.53. The number of hydrogen-bond acceptors (Lipinski definition) is 1. The third-order valence-electron chi connectivity index (χ3n) is 3.00. The summed E-state index contributed by atoms with van der Waals surface area (Å²) in [6.07, 6.45) is 1.54. The zero-order valence-electron chi connectivity index (χ0n) is 10.5. The van der Waals surface area contributed by atoms with Crippen molar-refractivity contribution in [2.75, 3.05) is 5.88 Å². The lowest BCUT2D eigenvalue weighted by atomic mass is 10.2. The Kier molecular flexibility index (Phi) is 5.16. The Morgan fingerprint density at radius 2 is 1.88 bits per heavy atom. The molecule has 1 aromatic carbocycles. The Morgan fingerprint density at radius 3 is 2.41 bits per heavy atom. The Bertz CT molecular complexity index is 398. The summed E-state index contributed by atoms with van der Waals surface area (Å²) in [5.74, 6) is 0.583. The molecule has 0 saturated heterocycles. The summed E-state index contributed by atoms with van der Waals surface area (Å²) < 4.78 is 0. The predicted molar refractivity (Wildman–Crippen MR) is 77.7 cm³/mol. The van der Waals surface area contributed by atoms with Crippen LogP contribution in [0.4, 0.5) is 0 Å². The Balaban J connectivity index is 2.84. The van der Waals surface area contributed by atoms with Gasteiger partial charge in [-0.2, -0.15) is 0 Å². The zero-order chi connectivity index (χ0) is 12.9. The molecular weight excluding hydrogens is 248 g/mol. The molecule has 0 saturated carbocycles. The maximum atomic E-state index is 12.4. The van der Waals surface area contributed by atoms with Gasteiger partial charge in [-0.1, -0.05) is 55.2 Å². The van der Waals surface area contributed by atoms with Gasteiger partial charge in [0.2, 0.25) is 0 Å².